The molecule has 0 fully saturated rings. The monoisotopic (exact) mass is 532 g/mol. The fraction of sp³-hybridized carbons (Fsp3) is 0.550. The molecule has 2 aromatic rings. The summed E-state index contributed by atoms with van der Waals surface area (Å²) in [6, 6.07) is 6.34. The van der Waals surface area contributed by atoms with Crippen LogP contribution in [0.4, 0.5) is 4.39 Å². The number of aromatic nitrogens is 3. The molecule has 1 atom stereocenters. The van der Waals surface area contributed by atoms with Crippen LogP contribution in [0.2, 0.25) is 0 Å². The fourth-order valence-corrected chi connectivity index (χ4v) is 3.21. The molecule has 2 N–H and O–H groups in total. The Morgan fingerprint density at radius 3 is 2.83 bits per heavy atom. The Hall–Kier alpha value is -1.95. The van der Waals surface area contributed by atoms with Crippen molar-refractivity contribution in [3.63, 3.8) is 0 Å². The minimum absolute atomic E-state index is 0. The minimum Gasteiger partial charge on any atom is -0.494 e. The zero-order valence-electron chi connectivity index (χ0n) is 17.4. The van der Waals surface area contributed by atoms with E-state index in [2.05, 4.69) is 25.7 Å². The average Bonchev–Trinajstić information content (AvgIpc) is 3.13. The number of benzene rings is 1. The largest absolute Gasteiger partial charge is 0.494 e. The molecular weight excluding hydrogens is 502 g/mol. The fourth-order valence-electron chi connectivity index (χ4n) is 3.21. The third-order valence-corrected chi connectivity index (χ3v) is 4.69. The summed E-state index contributed by atoms with van der Waals surface area (Å²) in [4.78, 5) is 8.81. The molecule has 1 aromatic carbocycles. The van der Waals surface area contributed by atoms with Crippen molar-refractivity contribution in [2.75, 3.05) is 27.3 Å². The van der Waals surface area contributed by atoms with E-state index in [-0.39, 0.29) is 35.8 Å². The van der Waals surface area contributed by atoms with Crippen LogP contribution in [0.15, 0.2) is 29.3 Å². The highest BCUT2D eigenvalue weighted by Crippen LogP contribution is 2.14. The third-order valence-electron chi connectivity index (χ3n) is 4.69. The quantitative estimate of drug-likeness (QED) is 0.224. The number of hydrogen-bond acceptors (Lipinski definition) is 5. The minimum atomic E-state index is -0.256. The molecule has 1 aliphatic heterocycles. The summed E-state index contributed by atoms with van der Waals surface area (Å²) in [6.45, 7) is 2.59. The van der Waals surface area contributed by atoms with Crippen molar-refractivity contribution in [1.29, 1.82) is 0 Å². The molecule has 1 unspecified atom stereocenters. The van der Waals surface area contributed by atoms with Crippen molar-refractivity contribution in [2.24, 2.45) is 4.99 Å². The lowest BCUT2D eigenvalue weighted by atomic mass is 10.1. The van der Waals surface area contributed by atoms with Crippen molar-refractivity contribution < 1.29 is 13.9 Å². The second kappa shape index (κ2) is 12.7. The van der Waals surface area contributed by atoms with Gasteiger partial charge in [0.1, 0.15) is 24.0 Å². The third kappa shape index (κ3) is 7.38. The molecule has 1 aliphatic rings. The van der Waals surface area contributed by atoms with E-state index >= 15 is 0 Å². The molecule has 0 amide bonds. The Balaban J connectivity index is 0.00000320. The van der Waals surface area contributed by atoms with Crippen molar-refractivity contribution >= 4 is 29.9 Å². The first kappa shape index (κ1) is 24.3. The predicted molar refractivity (Wildman–Crippen MR) is 124 cm³/mol. The van der Waals surface area contributed by atoms with Crippen LogP contribution >= 0.6 is 24.0 Å². The number of ether oxygens (including phenoxy) is 2. The van der Waals surface area contributed by atoms with Crippen LogP contribution in [0.1, 0.15) is 30.9 Å². The van der Waals surface area contributed by atoms with E-state index in [1.54, 1.807) is 26.3 Å². The summed E-state index contributed by atoms with van der Waals surface area (Å²) in [5.41, 5.74) is 0. The Bertz CT molecular complexity index is 799. The lowest BCUT2D eigenvalue weighted by molar-refractivity contribution is 0.177. The maximum absolute atomic E-state index is 12.9. The lowest BCUT2D eigenvalue weighted by Crippen LogP contribution is -2.47. The molecular formula is C20H30FIN6O2. The Morgan fingerprint density at radius 2 is 2.10 bits per heavy atom. The summed E-state index contributed by atoms with van der Waals surface area (Å²) in [5.74, 6) is 2.96. The predicted octanol–water partition coefficient (Wildman–Crippen LogP) is 2.52. The highest BCUT2D eigenvalue weighted by atomic mass is 127. The second-order valence-corrected chi connectivity index (χ2v) is 6.95. The molecule has 0 bridgehead atoms. The van der Waals surface area contributed by atoms with Crippen molar-refractivity contribution in [1.82, 2.24) is 25.4 Å². The molecule has 0 saturated carbocycles. The van der Waals surface area contributed by atoms with Gasteiger partial charge in [0, 0.05) is 33.2 Å². The summed E-state index contributed by atoms with van der Waals surface area (Å²) >= 11 is 0. The van der Waals surface area contributed by atoms with Crippen LogP contribution in [0.3, 0.4) is 0 Å². The number of halogens is 2. The number of fused-ring (bicyclic) bond motifs is 1. The van der Waals surface area contributed by atoms with Gasteiger partial charge in [0.2, 0.25) is 0 Å². The number of unbranched alkanes of at least 4 members (excludes halogenated alkanes) is 1. The summed E-state index contributed by atoms with van der Waals surface area (Å²) in [7, 11) is 3.42. The SMILES string of the molecule is CN=C(NCCCCOc1ccc(F)cc1)NC1CCc2nc(COC)nn2C1.I. The molecule has 166 valence electrons. The van der Waals surface area contributed by atoms with E-state index in [1.165, 1.54) is 12.1 Å². The normalized spacial score (nSPS) is 15.8. The van der Waals surface area contributed by atoms with Gasteiger partial charge >= 0.3 is 0 Å². The number of hydrogen-bond donors (Lipinski definition) is 2. The Labute approximate surface area is 193 Å². The van der Waals surface area contributed by atoms with E-state index in [1.807, 2.05) is 4.68 Å². The molecule has 0 spiro atoms. The summed E-state index contributed by atoms with van der Waals surface area (Å²) in [5, 5.41) is 11.3. The zero-order chi connectivity index (χ0) is 20.5. The van der Waals surface area contributed by atoms with Gasteiger partial charge < -0.3 is 20.1 Å². The van der Waals surface area contributed by atoms with Gasteiger partial charge in [-0.1, -0.05) is 0 Å². The maximum Gasteiger partial charge on any atom is 0.191 e. The molecule has 8 nitrogen and oxygen atoms in total. The summed E-state index contributed by atoms with van der Waals surface area (Å²) in [6.07, 6.45) is 3.71. The van der Waals surface area contributed by atoms with Crippen LogP contribution in [-0.4, -0.2) is 54.1 Å². The number of guanidine groups is 1. The maximum atomic E-state index is 12.9. The second-order valence-electron chi connectivity index (χ2n) is 6.95. The van der Waals surface area contributed by atoms with Gasteiger partial charge in [-0.15, -0.1) is 24.0 Å². The van der Waals surface area contributed by atoms with E-state index in [9.17, 15) is 4.39 Å². The van der Waals surface area contributed by atoms with Gasteiger partial charge in [0.25, 0.3) is 0 Å². The van der Waals surface area contributed by atoms with Gasteiger partial charge in [-0.25, -0.2) is 14.1 Å². The van der Waals surface area contributed by atoms with Gasteiger partial charge in [0.15, 0.2) is 11.8 Å². The first-order chi connectivity index (χ1) is 14.2. The highest BCUT2D eigenvalue weighted by Gasteiger charge is 2.22. The molecule has 0 aliphatic carbocycles. The van der Waals surface area contributed by atoms with Crippen LogP contribution in [0.5, 0.6) is 5.75 Å². The molecule has 1 aromatic heterocycles. The molecule has 0 saturated heterocycles. The number of rotatable bonds is 9. The Kier molecular flexibility index (Phi) is 10.3. The van der Waals surface area contributed by atoms with E-state index in [4.69, 9.17) is 9.47 Å². The van der Waals surface area contributed by atoms with Crippen LogP contribution in [0, 0.1) is 5.82 Å². The van der Waals surface area contributed by atoms with Crippen molar-refractivity contribution in [2.45, 2.75) is 44.9 Å². The number of nitrogens with zero attached hydrogens (tertiary/aromatic N) is 4. The number of aliphatic imine (C=N–C) groups is 1. The average molecular weight is 532 g/mol. The lowest BCUT2D eigenvalue weighted by Gasteiger charge is -2.25. The van der Waals surface area contributed by atoms with Gasteiger partial charge in [-0.3, -0.25) is 4.99 Å². The Morgan fingerprint density at radius 1 is 1.30 bits per heavy atom. The summed E-state index contributed by atoms with van der Waals surface area (Å²) < 4.78 is 25.5. The zero-order valence-corrected chi connectivity index (χ0v) is 19.8. The van der Waals surface area contributed by atoms with E-state index < -0.39 is 0 Å². The van der Waals surface area contributed by atoms with E-state index in [0.717, 1.165) is 56.4 Å². The van der Waals surface area contributed by atoms with Gasteiger partial charge in [-0.05, 0) is 43.5 Å². The van der Waals surface area contributed by atoms with Crippen LogP contribution < -0.4 is 15.4 Å². The standard InChI is InChI=1S/C20H29FN6O2.HI/c1-22-20(23-11-3-4-12-29-17-8-5-15(21)6-9-17)24-16-7-10-19-25-18(14-28-2)26-27(19)13-16;/h5-6,8-9,16H,3-4,7,10-14H2,1-2H3,(H2,22,23,24);1H. The molecule has 10 heteroatoms. The first-order valence-electron chi connectivity index (χ1n) is 9.95. The molecule has 30 heavy (non-hydrogen) atoms. The smallest absolute Gasteiger partial charge is 0.191 e. The number of nitrogens with one attached hydrogen (secondary N) is 2. The van der Waals surface area contributed by atoms with Crippen LogP contribution in [-0.2, 0) is 24.3 Å². The van der Waals surface area contributed by atoms with Gasteiger partial charge in [-0.2, -0.15) is 5.10 Å². The van der Waals surface area contributed by atoms with E-state index in [0.29, 0.717) is 19.0 Å². The molecule has 2 heterocycles. The molecule has 0 radical (unpaired) electrons. The van der Waals surface area contributed by atoms with Crippen molar-refractivity contribution in [3.8, 4) is 5.75 Å². The van der Waals surface area contributed by atoms with Gasteiger partial charge in [0.05, 0.1) is 13.2 Å². The van der Waals surface area contributed by atoms with Crippen molar-refractivity contribution in [3.05, 3.63) is 41.7 Å². The first-order valence-corrected chi connectivity index (χ1v) is 9.95. The van der Waals surface area contributed by atoms with Crippen LogP contribution in [0.25, 0.3) is 0 Å². The number of aryl methyl sites for hydroxylation is 1. The molecule has 3 rings (SSSR count). The topological polar surface area (TPSA) is 85.6 Å². The highest BCUT2D eigenvalue weighted by molar-refractivity contribution is 14.0. The number of methoxy groups -OCH3 is 1.